The average Bonchev–Trinajstić information content (AvgIpc) is 2.98. The number of carbonyl (C=O) groups excluding carboxylic acids is 1. The van der Waals surface area contributed by atoms with Gasteiger partial charge in [-0.15, -0.1) is 0 Å². The number of aliphatic hydroxyl groups excluding tert-OH is 1. The third-order valence-electron chi connectivity index (χ3n) is 6.93. The number of aromatic nitrogens is 1. The topological polar surface area (TPSA) is 121 Å². The molecule has 9 nitrogen and oxygen atoms in total. The zero-order valence-electron chi connectivity index (χ0n) is 19.9. The second-order valence-electron chi connectivity index (χ2n) is 9.88. The maximum absolute atomic E-state index is 13.2. The Morgan fingerprint density at radius 2 is 1.82 bits per heavy atom. The molecule has 10 heteroatoms. The van der Waals surface area contributed by atoms with E-state index in [0.717, 1.165) is 42.8 Å². The second kappa shape index (κ2) is 9.77. The molecule has 4 rings (SSSR count). The Balaban J connectivity index is 1.44. The van der Waals surface area contributed by atoms with Crippen molar-refractivity contribution in [3.8, 4) is 0 Å². The molecular weight excluding hydrogens is 456 g/mol. The van der Waals surface area contributed by atoms with Crippen molar-refractivity contribution >= 4 is 26.8 Å². The lowest BCUT2D eigenvalue weighted by molar-refractivity contribution is 0.0523. The number of rotatable bonds is 8. The van der Waals surface area contributed by atoms with E-state index in [4.69, 9.17) is 0 Å². The fourth-order valence-corrected chi connectivity index (χ4v) is 5.96. The normalized spacial score (nSPS) is 24.0. The van der Waals surface area contributed by atoms with Gasteiger partial charge in [-0.3, -0.25) is 14.5 Å². The van der Waals surface area contributed by atoms with Crippen molar-refractivity contribution in [2.75, 3.05) is 19.3 Å². The molecule has 1 aromatic heterocycles. The van der Waals surface area contributed by atoms with Crippen molar-refractivity contribution in [2.45, 2.75) is 69.8 Å². The van der Waals surface area contributed by atoms with Gasteiger partial charge in [0.25, 0.3) is 11.5 Å². The van der Waals surface area contributed by atoms with Crippen LogP contribution in [0.4, 0.5) is 0 Å². The Morgan fingerprint density at radius 3 is 2.44 bits per heavy atom. The van der Waals surface area contributed by atoms with E-state index in [0.29, 0.717) is 6.54 Å². The molecule has 0 radical (unpaired) electrons. The Bertz CT molecular complexity index is 1210. The molecule has 3 N–H and O–H groups in total. The summed E-state index contributed by atoms with van der Waals surface area (Å²) in [6.45, 7) is 4.24. The van der Waals surface area contributed by atoms with Crippen LogP contribution in [0.1, 0.15) is 55.9 Å². The van der Waals surface area contributed by atoms with E-state index in [1.54, 1.807) is 10.6 Å². The number of hydrogen-bond donors (Lipinski definition) is 3. The van der Waals surface area contributed by atoms with Crippen molar-refractivity contribution in [3.63, 3.8) is 0 Å². The van der Waals surface area contributed by atoms with Gasteiger partial charge in [-0.25, -0.2) is 13.1 Å². The van der Waals surface area contributed by atoms with Gasteiger partial charge in [0.1, 0.15) is 5.56 Å². The van der Waals surface area contributed by atoms with E-state index >= 15 is 0 Å². The SMILES string of the molecule is CC(C)n1c(=O)c(C(=O)NC2C[C@H]3CC[C@@H](C2)N3C[C@H](O)CNS(C)(=O)=O)cc2ccccc21. The fraction of sp³-hybridized carbons (Fsp3) is 0.583. The summed E-state index contributed by atoms with van der Waals surface area (Å²) in [6.07, 6.45) is 3.69. The minimum absolute atomic E-state index is 0.0149. The first-order valence-corrected chi connectivity index (χ1v) is 13.8. The number of carbonyl (C=O) groups is 1. The molecule has 186 valence electrons. The number of pyridine rings is 1. The van der Waals surface area contributed by atoms with E-state index < -0.39 is 16.1 Å². The van der Waals surface area contributed by atoms with Crippen LogP contribution in [0.15, 0.2) is 35.1 Å². The van der Waals surface area contributed by atoms with E-state index in [2.05, 4.69) is 14.9 Å². The number of benzene rings is 1. The Hall–Kier alpha value is -2.27. The summed E-state index contributed by atoms with van der Waals surface area (Å²) < 4.78 is 26.6. The van der Waals surface area contributed by atoms with Gasteiger partial charge >= 0.3 is 0 Å². The van der Waals surface area contributed by atoms with Gasteiger partial charge in [-0.2, -0.15) is 0 Å². The summed E-state index contributed by atoms with van der Waals surface area (Å²) >= 11 is 0. The van der Waals surface area contributed by atoms with Crippen LogP contribution in [0.2, 0.25) is 0 Å². The lowest BCUT2D eigenvalue weighted by Gasteiger charge is -2.40. The Morgan fingerprint density at radius 1 is 1.18 bits per heavy atom. The van der Waals surface area contributed by atoms with E-state index in [-0.39, 0.29) is 47.7 Å². The van der Waals surface area contributed by atoms with Crippen molar-refractivity contribution in [1.82, 2.24) is 19.5 Å². The zero-order chi connectivity index (χ0) is 24.6. The molecule has 0 aliphatic carbocycles. The number of sulfonamides is 1. The van der Waals surface area contributed by atoms with Gasteiger partial charge in [0.2, 0.25) is 10.0 Å². The van der Waals surface area contributed by atoms with Crippen molar-refractivity contribution in [2.24, 2.45) is 0 Å². The van der Waals surface area contributed by atoms with Gasteiger partial charge in [-0.1, -0.05) is 18.2 Å². The Labute approximate surface area is 200 Å². The number of fused-ring (bicyclic) bond motifs is 3. The standard InChI is InChI=1S/C24H34N4O5S/c1-15(2)28-22-7-5-4-6-16(22)10-21(24(28)31)23(30)26-17-11-18-8-9-19(12-17)27(18)14-20(29)13-25-34(3,32)33/h4-7,10,15,17-20,25,29H,8-9,11-14H2,1-3H3,(H,26,30)/t17?,18-,19+,20-/m1/s1. The predicted molar refractivity (Wildman–Crippen MR) is 131 cm³/mol. The quantitative estimate of drug-likeness (QED) is 0.512. The highest BCUT2D eigenvalue weighted by molar-refractivity contribution is 7.88. The molecule has 2 aliphatic heterocycles. The average molecular weight is 491 g/mol. The Kier molecular flexibility index (Phi) is 7.14. The minimum Gasteiger partial charge on any atom is -0.390 e. The molecule has 0 saturated carbocycles. The van der Waals surface area contributed by atoms with Crippen LogP contribution < -0.4 is 15.6 Å². The highest BCUT2D eigenvalue weighted by atomic mass is 32.2. The molecule has 2 aromatic rings. The summed E-state index contributed by atoms with van der Waals surface area (Å²) in [5.41, 5.74) is 0.687. The van der Waals surface area contributed by atoms with E-state index in [1.807, 2.05) is 38.1 Å². The third kappa shape index (κ3) is 5.35. The molecule has 1 unspecified atom stereocenters. The third-order valence-corrected chi connectivity index (χ3v) is 7.62. The highest BCUT2D eigenvalue weighted by Gasteiger charge is 2.41. The molecule has 34 heavy (non-hydrogen) atoms. The molecule has 2 saturated heterocycles. The fourth-order valence-electron chi connectivity index (χ4n) is 5.47. The van der Waals surface area contributed by atoms with E-state index in [9.17, 15) is 23.1 Å². The summed E-state index contributed by atoms with van der Waals surface area (Å²) in [6, 6.07) is 9.56. The smallest absolute Gasteiger partial charge is 0.264 e. The van der Waals surface area contributed by atoms with Crippen LogP contribution >= 0.6 is 0 Å². The number of aliphatic hydroxyl groups is 1. The van der Waals surface area contributed by atoms with Crippen molar-refractivity contribution in [1.29, 1.82) is 0 Å². The van der Waals surface area contributed by atoms with Crippen LogP contribution in [-0.2, 0) is 10.0 Å². The first kappa shape index (κ1) is 24.8. The molecule has 0 spiro atoms. The van der Waals surface area contributed by atoms with Crippen LogP contribution in [-0.4, -0.2) is 72.5 Å². The molecule has 2 fully saturated rings. The number of para-hydroxylation sites is 1. The predicted octanol–water partition coefficient (Wildman–Crippen LogP) is 1.22. The molecule has 1 amide bonds. The zero-order valence-corrected chi connectivity index (χ0v) is 20.7. The largest absolute Gasteiger partial charge is 0.390 e. The van der Waals surface area contributed by atoms with Gasteiger partial charge in [0.05, 0.1) is 17.9 Å². The summed E-state index contributed by atoms with van der Waals surface area (Å²) in [4.78, 5) is 28.6. The first-order valence-electron chi connectivity index (χ1n) is 11.9. The monoisotopic (exact) mass is 490 g/mol. The van der Waals surface area contributed by atoms with Crippen LogP contribution in [0, 0.1) is 0 Å². The summed E-state index contributed by atoms with van der Waals surface area (Å²) in [5, 5.41) is 14.2. The molecule has 3 heterocycles. The van der Waals surface area contributed by atoms with Gasteiger partial charge < -0.3 is 15.0 Å². The summed E-state index contributed by atoms with van der Waals surface area (Å²) in [5.74, 6) is -0.347. The molecule has 4 atom stereocenters. The van der Waals surface area contributed by atoms with E-state index in [1.165, 1.54) is 0 Å². The second-order valence-corrected chi connectivity index (χ2v) is 11.7. The number of nitrogens with zero attached hydrogens (tertiary/aromatic N) is 2. The highest BCUT2D eigenvalue weighted by Crippen LogP contribution is 2.35. The van der Waals surface area contributed by atoms with Gasteiger partial charge in [0.15, 0.2) is 0 Å². The summed E-state index contributed by atoms with van der Waals surface area (Å²) in [7, 11) is -3.35. The van der Waals surface area contributed by atoms with Crippen LogP contribution in [0.25, 0.3) is 10.9 Å². The lowest BCUT2D eigenvalue weighted by atomic mass is 9.96. The van der Waals surface area contributed by atoms with Crippen LogP contribution in [0.5, 0.6) is 0 Å². The van der Waals surface area contributed by atoms with Crippen LogP contribution in [0.3, 0.4) is 0 Å². The minimum atomic E-state index is -3.35. The molecule has 1 aromatic carbocycles. The number of hydrogen-bond acceptors (Lipinski definition) is 6. The maximum atomic E-state index is 13.2. The number of piperidine rings is 1. The maximum Gasteiger partial charge on any atom is 0.264 e. The number of nitrogens with one attached hydrogen (secondary N) is 2. The first-order chi connectivity index (χ1) is 16.0. The van der Waals surface area contributed by atoms with Crippen molar-refractivity contribution in [3.05, 3.63) is 46.2 Å². The molecule has 2 aliphatic rings. The lowest BCUT2D eigenvalue weighted by Crippen LogP contribution is -2.53. The van der Waals surface area contributed by atoms with Gasteiger partial charge in [-0.05, 0) is 57.0 Å². The molecular formula is C24H34N4O5S. The van der Waals surface area contributed by atoms with Gasteiger partial charge in [0, 0.05) is 37.3 Å². The number of amides is 1. The van der Waals surface area contributed by atoms with Crippen molar-refractivity contribution < 1.29 is 18.3 Å². The molecule has 2 bridgehead atoms.